The molecule has 96 valence electrons. The summed E-state index contributed by atoms with van der Waals surface area (Å²) in [6, 6.07) is 4.54. The molecule has 19 heavy (non-hydrogen) atoms. The van der Waals surface area contributed by atoms with Crippen LogP contribution in [0.1, 0.15) is 26.4 Å². The van der Waals surface area contributed by atoms with Crippen LogP contribution in [0, 0.1) is 0 Å². The Balaban J connectivity index is 1.95. The summed E-state index contributed by atoms with van der Waals surface area (Å²) in [6.45, 7) is 0.258. The van der Waals surface area contributed by atoms with Crippen LogP contribution in [0.2, 0.25) is 0 Å². The van der Waals surface area contributed by atoms with Gasteiger partial charge in [-0.05, 0) is 17.7 Å². The normalized spacial score (nSPS) is 9.89. The fourth-order valence-corrected chi connectivity index (χ4v) is 1.36. The van der Waals surface area contributed by atoms with Crippen LogP contribution in [0.3, 0.4) is 0 Å². The third-order valence-corrected chi connectivity index (χ3v) is 2.34. The van der Waals surface area contributed by atoms with Crippen molar-refractivity contribution in [3.05, 3.63) is 53.6 Å². The van der Waals surface area contributed by atoms with Gasteiger partial charge in [0.05, 0.1) is 18.0 Å². The van der Waals surface area contributed by atoms with Gasteiger partial charge in [0.1, 0.15) is 5.69 Å². The summed E-state index contributed by atoms with van der Waals surface area (Å²) in [5.74, 6) is -1.37. The van der Waals surface area contributed by atoms with Crippen LogP contribution in [0.15, 0.2) is 36.8 Å². The molecule has 0 aliphatic rings. The molecular formula is C12H10N4O3. The number of pyridine rings is 1. The summed E-state index contributed by atoms with van der Waals surface area (Å²) < 4.78 is 0. The number of carbonyl (C=O) groups is 2. The van der Waals surface area contributed by atoms with Crippen LogP contribution in [-0.4, -0.2) is 32.2 Å². The second-order valence-corrected chi connectivity index (χ2v) is 3.67. The van der Waals surface area contributed by atoms with E-state index in [1.54, 1.807) is 12.1 Å². The maximum atomic E-state index is 11.7. The molecule has 2 rings (SSSR count). The molecule has 2 aromatic rings. The summed E-state index contributed by atoms with van der Waals surface area (Å²) in [5, 5.41) is 18.5. The summed E-state index contributed by atoms with van der Waals surface area (Å²) >= 11 is 0. The Hall–Kier alpha value is -2.83. The number of nitrogens with one attached hydrogen (secondary N) is 1. The van der Waals surface area contributed by atoms with Gasteiger partial charge in [-0.25, -0.2) is 9.78 Å². The molecule has 7 nitrogen and oxygen atoms in total. The van der Waals surface area contributed by atoms with Crippen molar-refractivity contribution in [3.63, 3.8) is 0 Å². The Morgan fingerprint density at radius 3 is 2.58 bits per heavy atom. The van der Waals surface area contributed by atoms with E-state index in [1.807, 2.05) is 0 Å². The van der Waals surface area contributed by atoms with E-state index < -0.39 is 5.97 Å². The first-order valence-corrected chi connectivity index (χ1v) is 5.40. The van der Waals surface area contributed by atoms with Crippen molar-refractivity contribution in [1.82, 2.24) is 20.5 Å². The number of carbonyl (C=O) groups excluding carboxylic acids is 1. The largest absolute Gasteiger partial charge is 0.477 e. The third kappa shape index (κ3) is 3.32. The molecule has 0 unspecified atom stereocenters. The van der Waals surface area contributed by atoms with E-state index >= 15 is 0 Å². The number of aromatic nitrogens is 3. The second kappa shape index (κ2) is 5.67. The predicted molar refractivity (Wildman–Crippen MR) is 64.4 cm³/mol. The van der Waals surface area contributed by atoms with Gasteiger partial charge in [0.15, 0.2) is 0 Å². The van der Waals surface area contributed by atoms with Gasteiger partial charge in [0.2, 0.25) is 0 Å². The fraction of sp³-hybridized carbons (Fsp3) is 0.0833. The van der Waals surface area contributed by atoms with E-state index in [-0.39, 0.29) is 18.1 Å². The van der Waals surface area contributed by atoms with Gasteiger partial charge in [-0.15, -0.1) is 0 Å². The van der Waals surface area contributed by atoms with Crippen LogP contribution in [0.5, 0.6) is 0 Å². The molecule has 0 saturated carbocycles. The minimum atomic E-state index is -1.08. The molecular weight excluding hydrogens is 248 g/mol. The molecule has 1 amide bonds. The van der Waals surface area contributed by atoms with Crippen LogP contribution >= 0.6 is 0 Å². The lowest BCUT2D eigenvalue weighted by atomic mass is 10.2. The van der Waals surface area contributed by atoms with E-state index in [2.05, 4.69) is 20.5 Å². The van der Waals surface area contributed by atoms with Gasteiger partial charge in [-0.3, -0.25) is 4.79 Å². The Morgan fingerprint density at radius 2 is 2.00 bits per heavy atom. The number of amides is 1. The van der Waals surface area contributed by atoms with E-state index in [0.29, 0.717) is 11.1 Å². The van der Waals surface area contributed by atoms with E-state index in [9.17, 15) is 9.59 Å². The van der Waals surface area contributed by atoms with Gasteiger partial charge >= 0.3 is 5.97 Å². The standard InChI is InChI=1S/C12H10N4O3/c17-11(9-3-4-15-16-7-9)14-6-8-1-2-10(12(18)19)13-5-8/h1-5,7H,6H2,(H,14,17)(H,18,19). The van der Waals surface area contributed by atoms with Gasteiger partial charge in [-0.1, -0.05) is 6.07 Å². The highest BCUT2D eigenvalue weighted by Crippen LogP contribution is 2.01. The van der Waals surface area contributed by atoms with Crippen LogP contribution in [0.4, 0.5) is 0 Å². The molecule has 2 N–H and O–H groups in total. The van der Waals surface area contributed by atoms with Crippen molar-refractivity contribution >= 4 is 11.9 Å². The first kappa shape index (κ1) is 12.6. The molecule has 0 saturated heterocycles. The fourth-order valence-electron chi connectivity index (χ4n) is 1.36. The lowest BCUT2D eigenvalue weighted by molar-refractivity contribution is 0.0690. The van der Waals surface area contributed by atoms with Gasteiger partial charge < -0.3 is 10.4 Å². The minimum absolute atomic E-state index is 0.0339. The number of aromatic carboxylic acids is 1. The monoisotopic (exact) mass is 258 g/mol. The molecule has 0 aliphatic heterocycles. The minimum Gasteiger partial charge on any atom is -0.477 e. The Labute approximate surface area is 108 Å². The van der Waals surface area contributed by atoms with Gasteiger partial charge in [-0.2, -0.15) is 10.2 Å². The Bertz CT molecular complexity index is 584. The first-order valence-electron chi connectivity index (χ1n) is 5.40. The Morgan fingerprint density at radius 1 is 1.16 bits per heavy atom. The number of carboxylic acids is 1. The SMILES string of the molecule is O=C(NCc1ccc(C(=O)O)nc1)c1ccnnc1. The maximum Gasteiger partial charge on any atom is 0.354 e. The van der Waals surface area contributed by atoms with Crippen molar-refractivity contribution in [1.29, 1.82) is 0 Å². The molecule has 0 spiro atoms. The first-order chi connectivity index (χ1) is 9.16. The molecule has 0 aliphatic carbocycles. The summed E-state index contributed by atoms with van der Waals surface area (Å²) in [7, 11) is 0. The second-order valence-electron chi connectivity index (χ2n) is 3.67. The highest BCUT2D eigenvalue weighted by molar-refractivity contribution is 5.93. The average Bonchev–Trinajstić information content (AvgIpc) is 2.46. The van der Waals surface area contributed by atoms with E-state index in [0.717, 1.165) is 0 Å². The predicted octanol–water partition coefficient (Wildman–Crippen LogP) is 0.500. The van der Waals surface area contributed by atoms with Gasteiger partial charge in [0, 0.05) is 12.7 Å². The summed E-state index contributed by atoms with van der Waals surface area (Å²) in [5.41, 5.74) is 1.08. The molecule has 0 radical (unpaired) electrons. The quantitative estimate of drug-likeness (QED) is 0.827. The molecule has 7 heteroatoms. The average molecular weight is 258 g/mol. The highest BCUT2D eigenvalue weighted by atomic mass is 16.4. The van der Waals surface area contributed by atoms with Crippen molar-refractivity contribution < 1.29 is 14.7 Å². The maximum absolute atomic E-state index is 11.7. The lowest BCUT2D eigenvalue weighted by Gasteiger charge is -2.04. The molecule has 2 heterocycles. The number of hydrogen-bond acceptors (Lipinski definition) is 5. The zero-order chi connectivity index (χ0) is 13.7. The van der Waals surface area contributed by atoms with Crippen molar-refractivity contribution in [2.45, 2.75) is 6.54 Å². The van der Waals surface area contributed by atoms with Crippen LogP contribution in [0.25, 0.3) is 0 Å². The zero-order valence-electron chi connectivity index (χ0n) is 9.78. The topological polar surface area (TPSA) is 105 Å². The zero-order valence-corrected chi connectivity index (χ0v) is 9.78. The lowest BCUT2D eigenvalue weighted by Crippen LogP contribution is -2.23. The van der Waals surface area contributed by atoms with E-state index in [1.165, 1.54) is 24.7 Å². The molecule has 2 aromatic heterocycles. The number of carboxylic acid groups (broad SMARTS) is 1. The van der Waals surface area contributed by atoms with Crippen molar-refractivity contribution in [3.8, 4) is 0 Å². The van der Waals surface area contributed by atoms with E-state index in [4.69, 9.17) is 5.11 Å². The Kier molecular flexibility index (Phi) is 3.77. The summed E-state index contributed by atoms with van der Waals surface area (Å²) in [4.78, 5) is 26.1. The molecule has 0 fully saturated rings. The summed E-state index contributed by atoms with van der Waals surface area (Å²) in [6.07, 6.45) is 4.20. The number of hydrogen-bond donors (Lipinski definition) is 2. The highest BCUT2D eigenvalue weighted by Gasteiger charge is 2.06. The molecule has 0 aromatic carbocycles. The smallest absolute Gasteiger partial charge is 0.354 e. The molecule has 0 bridgehead atoms. The van der Waals surface area contributed by atoms with Crippen molar-refractivity contribution in [2.75, 3.05) is 0 Å². The third-order valence-electron chi connectivity index (χ3n) is 2.34. The van der Waals surface area contributed by atoms with Gasteiger partial charge in [0.25, 0.3) is 5.91 Å². The van der Waals surface area contributed by atoms with Crippen LogP contribution in [-0.2, 0) is 6.54 Å². The van der Waals surface area contributed by atoms with Crippen molar-refractivity contribution in [2.24, 2.45) is 0 Å². The number of nitrogens with zero attached hydrogens (tertiary/aromatic N) is 3. The number of rotatable bonds is 4. The molecule has 0 atom stereocenters. The van der Waals surface area contributed by atoms with Crippen LogP contribution < -0.4 is 5.32 Å².